The fraction of sp³-hybridized carbons (Fsp3) is 0.450. The molecule has 3 rings (SSSR count). The Labute approximate surface area is 169 Å². The van der Waals surface area contributed by atoms with Crippen molar-refractivity contribution in [3.63, 3.8) is 0 Å². The summed E-state index contributed by atoms with van der Waals surface area (Å²) in [7, 11) is 2.92. The zero-order valence-corrected chi connectivity index (χ0v) is 16.7. The van der Waals surface area contributed by atoms with E-state index in [2.05, 4.69) is 29.8 Å². The summed E-state index contributed by atoms with van der Waals surface area (Å²) in [5.74, 6) is 0.366. The molecule has 9 heteroatoms. The summed E-state index contributed by atoms with van der Waals surface area (Å²) in [4.78, 5) is 24.3. The molecule has 0 unspecified atom stereocenters. The average Bonchev–Trinajstić information content (AvgIpc) is 2.76. The van der Waals surface area contributed by atoms with Crippen LogP contribution in [0.25, 0.3) is 0 Å². The SMILES string of the molecule is COC(=O)c1ccnc(NCCCN2CCN(c3cc(F)ccc3OC)CC2)n1. The molecule has 1 N–H and O–H groups in total. The van der Waals surface area contributed by atoms with Gasteiger partial charge in [0, 0.05) is 45.0 Å². The van der Waals surface area contributed by atoms with Crippen LogP contribution in [0.5, 0.6) is 5.75 Å². The summed E-state index contributed by atoms with van der Waals surface area (Å²) in [5, 5.41) is 3.13. The van der Waals surface area contributed by atoms with E-state index in [0.29, 0.717) is 18.2 Å². The van der Waals surface area contributed by atoms with E-state index in [1.165, 1.54) is 31.5 Å². The third-order valence-electron chi connectivity index (χ3n) is 4.84. The van der Waals surface area contributed by atoms with Crippen LogP contribution in [0.4, 0.5) is 16.0 Å². The largest absolute Gasteiger partial charge is 0.495 e. The maximum Gasteiger partial charge on any atom is 0.356 e. The summed E-state index contributed by atoms with van der Waals surface area (Å²) in [6, 6.07) is 6.13. The van der Waals surface area contributed by atoms with Gasteiger partial charge < -0.3 is 19.7 Å². The van der Waals surface area contributed by atoms with Crippen LogP contribution in [0.15, 0.2) is 30.5 Å². The highest BCUT2D eigenvalue weighted by Gasteiger charge is 2.20. The van der Waals surface area contributed by atoms with Gasteiger partial charge in [0.2, 0.25) is 5.95 Å². The number of anilines is 2. The standard InChI is InChI=1S/C20H26FN5O3/c1-28-18-5-4-15(21)14-17(18)26-12-10-25(11-13-26)9-3-7-22-20-23-8-6-16(24-20)19(27)29-2/h4-6,8,14H,3,7,9-13H2,1-2H3,(H,22,23,24). The summed E-state index contributed by atoms with van der Waals surface area (Å²) < 4.78 is 23.6. The smallest absolute Gasteiger partial charge is 0.356 e. The number of rotatable bonds is 8. The van der Waals surface area contributed by atoms with E-state index < -0.39 is 5.97 Å². The van der Waals surface area contributed by atoms with Gasteiger partial charge in [0.15, 0.2) is 5.69 Å². The summed E-state index contributed by atoms with van der Waals surface area (Å²) >= 11 is 0. The van der Waals surface area contributed by atoms with Gasteiger partial charge in [-0.25, -0.2) is 19.2 Å². The lowest BCUT2D eigenvalue weighted by atomic mass is 10.2. The van der Waals surface area contributed by atoms with Crippen LogP contribution in [0.1, 0.15) is 16.9 Å². The summed E-state index contributed by atoms with van der Waals surface area (Å²) in [5.41, 5.74) is 1.03. The molecule has 0 bridgehead atoms. The van der Waals surface area contributed by atoms with Crippen LogP contribution in [0.3, 0.4) is 0 Å². The number of esters is 1. The maximum absolute atomic E-state index is 13.6. The molecule has 1 aliphatic heterocycles. The topological polar surface area (TPSA) is 79.8 Å². The Bertz CT molecular complexity index is 828. The molecule has 29 heavy (non-hydrogen) atoms. The van der Waals surface area contributed by atoms with Crippen molar-refractivity contribution in [3.8, 4) is 5.75 Å². The molecule has 8 nitrogen and oxygen atoms in total. The van der Waals surface area contributed by atoms with Gasteiger partial charge in [0.25, 0.3) is 0 Å². The van der Waals surface area contributed by atoms with Gasteiger partial charge in [-0.3, -0.25) is 4.90 Å². The minimum Gasteiger partial charge on any atom is -0.495 e. The van der Waals surface area contributed by atoms with E-state index >= 15 is 0 Å². The lowest BCUT2D eigenvalue weighted by molar-refractivity contribution is 0.0594. The Morgan fingerprint density at radius 2 is 2.00 bits per heavy atom. The lowest BCUT2D eigenvalue weighted by Gasteiger charge is -2.36. The van der Waals surface area contributed by atoms with Crippen LogP contribution in [0, 0.1) is 5.82 Å². The Balaban J connectivity index is 1.42. The van der Waals surface area contributed by atoms with E-state index in [9.17, 15) is 9.18 Å². The van der Waals surface area contributed by atoms with Crippen molar-refractivity contribution >= 4 is 17.6 Å². The minimum atomic E-state index is -0.483. The molecule has 0 atom stereocenters. The lowest BCUT2D eigenvalue weighted by Crippen LogP contribution is -2.47. The molecule has 0 amide bonds. The number of nitrogens with one attached hydrogen (secondary N) is 1. The summed E-state index contributed by atoms with van der Waals surface area (Å²) in [6.45, 7) is 5.05. The van der Waals surface area contributed by atoms with Crippen molar-refractivity contribution < 1.29 is 18.7 Å². The first-order chi connectivity index (χ1) is 14.1. The molecule has 1 aromatic carbocycles. The average molecular weight is 403 g/mol. The van der Waals surface area contributed by atoms with Crippen LogP contribution < -0.4 is 15.0 Å². The molecular weight excluding hydrogens is 377 g/mol. The third-order valence-corrected chi connectivity index (χ3v) is 4.84. The monoisotopic (exact) mass is 403 g/mol. The first kappa shape index (κ1) is 20.8. The third kappa shape index (κ3) is 5.54. The number of ether oxygens (including phenoxy) is 2. The number of methoxy groups -OCH3 is 2. The van der Waals surface area contributed by atoms with Crippen molar-refractivity contribution in [3.05, 3.63) is 42.0 Å². The minimum absolute atomic E-state index is 0.230. The number of aromatic nitrogens is 2. The van der Waals surface area contributed by atoms with Crippen LogP contribution in [0.2, 0.25) is 0 Å². The highest BCUT2D eigenvalue weighted by atomic mass is 19.1. The second-order valence-electron chi connectivity index (χ2n) is 6.68. The van der Waals surface area contributed by atoms with Gasteiger partial charge in [-0.1, -0.05) is 0 Å². The number of carbonyl (C=O) groups excluding carboxylic acids is 1. The van der Waals surface area contributed by atoms with E-state index in [4.69, 9.17) is 4.74 Å². The number of piperazine rings is 1. The van der Waals surface area contributed by atoms with E-state index in [1.54, 1.807) is 13.2 Å². The maximum atomic E-state index is 13.6. The number of nitrogens with zero attached hydrogens (tertiary/aromatic N) is 4. The number of halogens is 1. The van der Waals surface area contributed by atoms with Crippen molar-refractivity contribution in [1.82, 2.24) is 14.9 Å². The first-order valence-corrected chi connectivity index (χ1v) is 9.57. The fourth-order valence-electron chi connectivity index (χ4n) is 3.29. The molecule has 1 saturated heterocycles. The number of hydrogen-bond acceptors (Lipinski definition) is 8. The Kier molecular flexibility index (Phi) is 7.18. The predicted octanol–water partition coefficient (Wildman–Crippen LogP) is 2.04. The first-order valence-electron chi connectivity index (χ1n) is 9.57. The number of hydrogen-bond donors (Lipinski definition) is 1. The molecule has 0 aliphatic carbocycles. The van der Waals surface area contributed by atoms with E-state index in [-0.39, 0.29) is 11.5 Å². The van der Waals surface area contributed by atoms with Crippen LogP contribution >= 0.6 is 0 Å². The number of carbonyl (C=O) groups is 1. The van der Waals surface area contributed by atoms with Gasteiger partial charge in [0.05, 0.1) is 19.9 Å². The highest BCUT2D eigenvalue weighted by molar-refractivity contribution is 5.87. The van der Waals surface area contributed by atoms with Crippen molar-refractivity contribution in [2.45, 2.75) is 6.42 Å². The van der Waals surface area contributed by atoms with Crippen LogP contribution in [-0.4, -0.2) is 74.3 Å². The number of benzene rings is 1. The van der Waals surface area contributed by atoms with Crippen LogP contribution in [-0.2, 0) is 4.74 Å². The molecule has 1 aromatic heterocycles. The van der Waals surface area contributed by atoms with Crippen molar-refractivity contribution in [1.29, 1.82) is 0 Å². The normalized spacial score (nSPS) is 14.5. The molecule has 1 fully saturated rings. The molecule has 1 aliphatic rings. The van der Waals surface area contributed by atoms with Gasteiger partial charge >= 0.3 is 5.97 Å². The Morgan fingerprint density at radius 3 is 2.72 bits per heavy atom. The molecule has 0 spiro atoms. The second kappa shape index (κ2) is 10.0. The van der Waals surface area contributed by atoms with Gasteiger partial charge in [-0.2, -0.15) is 0 Å². The van der Waals surface area contributed by atoms with Gasteiger partial charge in [0.1, 0.15) is 11.6 Å². The Morgan fingerprint density at radius 1 is 1.21 bits per heavy atom. The Hall–Kier alpha value is -2.94. The van der Waals surface area contributed by atoms with Crippen molar-refractivity contribution in [2.24, 2.45) is 0 Å². The quantitative estimate of drug-likeness (QED) is 0.530. The molecule has 2 heterocycles. The zero-order valence-electron chi connectivity index (χ0n) is 16.7. The molecule has 0 radical (unpaired) electrons. The summed E-state index contributed by atoms with van der Waals surface area (Å²) in [6.07, 6.45) is 2.44. The zero-order chi connectivity index (χ0) is 20.6. The molecule has 2 aromatic rings. The van der Waals surface area contributed by atoms with E-state index in [1.807, 2.05) is 0 Å². The van der Waals surface area contributed by atoms with Gasteiger partial charge in [-0.15, -0.1) is 0 Å². The molecular formula is C20H26FN5O3. The van der Waals surface area contributed by atoms with Gasteiger partial charge in [-0.05, 0) is 31.2 Å². The highest BCUT2D eigenvalue weighted by Crippen LogP contribution is 2.29. The van der Waals surface area contributed by atoms with Crippen molar-refractivity contribution in [2.75, 3.05) is 63.7 Å². The fourth-order valence-corrected chi connectivity index (χ4v) is 3.29. The second-order valence-corrected chi connectivity index (χ2v) is 6.68. The molecule has 0 saturated carbocycles. The van der Waals surface area contributed by atoms with E-state index in [0.717, 1.165) is 44.8 Å². The predicted molar refractivity (Wildman–Crippen MR) is 108 cm³/mol. The molecule has 156 valence electrons.